The van der Waals surface area contributed by atoms with Crippen LogP contribution in [0.4, 0.5) is 0 Å². The minimum absolute atomic E-state index is 0.320. The molecular weight excluding hydrogens is 248 g/mol. The number of ether oxygens (including phenoxy) is 2. The summed E-state index contributed by atoms with van der Waals surface area (Å²) in [6.45, 7) is 4.38. The van der Waals surface area contributed by atoms with E-state index in [1.165, 1.54) is 7.11 Å². The van der Waals surface area contributed by atoms with Crippen molar-refractivity contribution in [1.29, 1.82) is 0 Å². The number of aromatic amines is 1. The normalized spacial score (nSPS) is 10.7. The Hall–Kier alpha value is -2.24. The van der Waals surface area contributed by atoms with Gasteiger partial charge in [-0.25, -0.2) is 4.79 Å². The van der Waals surface area contributed by atoms with Crippen molar-refractivity contribution in [2.24, 2.45) is 0 Å². The van der Waals surface area contributed by atoms with Gasteiger partial charge in [0.1, 0.15) is 0 Å². The van der Waals surface area contributed by atoms with Crippen LogP contribution in [0, 0.1) is 0 Å². The molecule has 0 amide bonds. The average Bonchev–Trinajstić information content (AvgIpc) is 2.39. The van der Waals surface area contributed by atoms with E-state index in [0.717, 1.165) is 4.57 Å². The largest absolute Gasteiger partial charge is 0.493 e. The number of hydrogen-bond acceptors (Lipinski definition) is 4. The van der Waals surface area contributed by atoms with Crippen LogP contribution in [0.3, 0.4) is 0 Å². The van der Waals surface area contributed by atoms with E-state index in [9.17, 15) is 9.59 Å². The summed E-state index contributed by atoms with van der Waals surface area (Å²) in [7, 11) is 1.51. The fraction of sp³-hybridized carbons (Fsp3) is 0.385. The Morgan fingerprint density at radius 3 is 2.53 bits per heavy atom. The maximum atomic E-state index is 12.2. The third kappa shape index (κ3) is 2.21. The summed E-state index contributed by atoms with van der Waals surface area (Å²) in [4.78, 5) is 26.6. The topological polar surface area (TPSA) is 73.3 Å². The highest BCUT2D eigenvalue weighted by Crippen LogP contribution is 2.29. The number of fused-ring (bicyclic) bond motifs is 1. The number of nitrogens with one attached hydrogen (secondary N) is 1. The summed E-state index contributed by atoms with van der Waals surface area (Å²) in [5.41, 5.74) is -0.309. The fourth-order valence-corrected chi connectivity index (χ4v) is 1.98. The summed E-state index contributed by atoms with van der Waals surface area (Å²) < 4.78 is 11.8. The lowest BCUT2D eigenvalue weighted by atomic mass is 10.2. The first kappa shape index (κ1) is 13.2. The highest BCUT2D eigenvalue weighted by molar-refractivity contribution is 5.81. The van der Waals surface area contributed by atoms with Crippen molar-refractivity contribution in [3.63, 3.8) is 0 Å². The summed E-state index contributed by atoms with van der Waals surface area (Å²) >= 11 is 0. The Labute approximate surface area is 109 Å². The molecule has 1 aromatic carbocycles. The predicted molar refractivity (Wildman–Crippen MR) is 72.2 cm³/mol. The molecule has 0 bridgehead atoms. The van der Waals surface area contributed by atoms with Gasteiger partial charge in [0.2, 0.25) is 0 Å². The Balaban J connectivity index is 2.82. The van der Waals surface area contributed by atoms with E-state index in [0.29, 0.717) is 35.6 Å². The molecule has 1 aromatic heterocycles. The number of methoxy groups -OCH3 is 1. The Kier molecular flexibility index (Phi) is 3.59. The first-order chi connectivity index (χ1) is 9.12. The molecule has 0 saturated carbocycles. The summed E-state index contributed by atoms with van der Waals surface area (Å²) in [6.07, 6.45) is 0. The van der Waals surface area contributed by atoms with Crippen molar-refractivity contribution in [2.45, 2.75) is 20.4 Å². The lowest BCUT2D eigenvalue weighted by Gasteiger charge is -2.11. The van der Waals surface area contributed by atoms with Crippen LogP contribution in [-0.4, -0.2) is 23.3 Å². The molecule has 0 aliphatic heterocycles. The van der Waals surface area contributed by atoms with Gasteiger partial charge >= 0.3 is 5.69 Å². The van der Waals surface area contributed by atoms with Gasteiger partial charge in [0.25, 0.3) is 5.56 Å². The molecule has 102 valence electrons. The van der Waals surface area contributed by atoms with Crippen LogP contribution in [0.25, 0.3) is 10.9 Å². The summed E-state index contributed by atoms with van der Waals surface area (Å²) in [5, 5.41) is 0.408. The van der Waals surface area contributed by atoms with Crippen LogP contribution in [0.2, 0.25) is 0 Å². The van der Waals surface area contributed by atoms with Gasteiger partial charge in [-0.2, -0.15) is 0 Å². The van der Waals surface area contributed by atoms with Crippen molar-refractivity contribution in [2.75, 3.05) is 13.7 Å². The van der Waals surface area contributed by atoms with Crippen LogP contribution in [0.1, 0.15) is 13.8 Å². The third-order valence-electron chi connectivity index (χ3n) is 2.88. The molecule has 0 atom stereocenters. The van der Waals surface area contributed by atoms with Crippen LogP contribution in [-0.2, 0) is 6.54 Å². The van der Waals surface area contributed by atoms with E-state index < -0.39 is 5.69 Å². The van der Waals surface area contributed by atoms with Crippen LogP contribution in [0.15, 0.2) is 21.7 Å². The van der Waals surface area contributed by atoms with Gasteiger partial charge in [0, 0.05) is 12.6 Å². The first-order valence-corrected chi connectivity index (χ1v) is 6.10. The first-order valence-electron chi connectivity index (χ1n) is 6.10. The second-order valence-corrected chi connectivity index (χ2v) is 3.96. The van der Waals surface area contributed by atoms with Crippen LogP contribution >= 0.6 is 0 Å². The summed E-state index contributed by atoms with van der Waals surface area (Å²) in [5.74, 6) is 0.975. The van der Waals surface area contributed by atoms with Crippen LogP contribution < -0.4 is 20.7 Å². The third-order valence-corrected chi connectivity index (χ3v) is 2.88. The zero-order chi connectivity index (χ0) is 14.0. The molecule has 19 heavy (non-hydrogen) atoms. The quantitative estimate of drug-likeness (QED) is 0.898. The van der Waals surface area contributed by atoms with E-state index in [-0.39, 0.29) is 5.56 Å². The molecule has 0 unspecified atom stereocenters. The Bertz CT molecular complexity index is 715. The van der Waals surface area contributed by atoms with Gasteiger partial charge in [-0.1, -0.05) is 0 Å². The number of rotatable bonds is 4. The van der Waals surface area contributed by atoms with Gasteiger partial charge in [-0.3, -0.25) is 9.36 Å². The minimum atomic E-state index is -0.425. The number of aromatic nitrogens is 2. The molecule has 0 aliphatic carbocycles. The summed E-state index contributed by atoms with van der Waals surface area (Å²) in [6, 6.07) is 3.20. The van der Waals surface area contributed by atoms with Crippen molar-refractivity contribution < 1.29 is 9.47 Å². The van der Waals surface area contributed by atoms with Crippen molar-refractivity contribution in [1.82, 2.24) is 9.55 Å². The molecule has 6 heteroatoms. The second-order valence-electron chi connectivity index (χ2n) is 3.96. The molecule has 2 rings (SSSR count). The zero-order valence-electron chi connectivity index (χ0n) is 11.1. The van der Waals surface area contributed by atoms with Gasteiger partial charge < -0.3 is 14.5 Å². The van der Waals surface area contributed by atoms with Crippen molar-refractivity contribution in [3.05, 3.63) is 33.0 Å². The molecule has 0 aliphatic rings. The number of H-pyrrole nitrogens is 1. The lowest BCUT2D eigenvalue weighted by molar-refractivity contribution is 0.311. The number of nitrogens with zero attached hydrogens (tertiary/aromatic N) is 1. The molecule has 6 nitrogen and oxygen atoms in total. The molecule has 0 fully saturated rings. The standard InChI is InChI=1S/C13H16N2O4/c1-4-15-12(16)8-6-11(19-5-2)10(18-3)7-9(8)14-13(15)17/h6-7H,4-5H2,1-3H3,(H,14,17). The number of hydrogen-bond donors (Lipinski definition) is 1. The molecule has 1 N–H and O–H groups in total. The Morgan fingerprint density at radius 1 is 1.21 bits per heavy atom. The van der Waals surface area contributed by atoms with Gasteiger partial charge in [0.15, 0.2) is 11.5 Å². The Morgan fingerprint density at radius 2 is 1.95 bits per heavy atom. The van der Waals surface area contributed by atoms with Crippen molar-refractivity contribution >= 4 is 10.9 Å². The SMILES string of the molecule is CCOc1cc2c(=O)n(CC)c(=O)[nH]c2cc1OC. The van der Waals surface area contributed by atoms with Gasteiger partial charge in [-0.15, -0.1) is 0 Å². The van der Waals surface area contributed by atoms with E-state index in [1.807, 2.05) is 6.92 Å². The minimum Gasteiger partial charge on any atom is -0.493 e. The molecule has 0 radical (unpaired) electrons. The molecular formula is C13H16N2O4. The van der Waals surface area contributed by atoms with Gasteiger partial charge in [0.05, 0.1) is 24.6 Å². The van der Waals surface area contributed by atoms with E-state index >= 15 is 0 Å². The van der Waals surface area contributed by atoms with Gasteiger partial charge in [-0.05, 0) is 19.9 Å². The van der Waals surface area contributed by atoms with E-state index in [1.54, 1.807) is 19.1 Å². The maximum Gasteiger partial charge on any atom is 0.328 e. The molecule has 0 saturated heterocycles. The highest BCUT2D eigenvalue weighted by atomic mass is 16.5. The predicted octanol–water partition coefficient (Wildman–Crippen LogP) is 1.12. The maximum absolute atomic E-state index is 12.2. The van der Waals surface area contributed by atoms with Crippen LogP contribution in [0.5, 0.6) is 11.5 Å². The lowest BCUT2D eigenvalue weighted by Crippen LogP contribution is -2.34. The van der Waals surface area contributed by atoms with E-state index in [2.05, 4.69) is 4.98 Å². The monoisotopic (exact) mass is 264 g/mol. The fourth-order valence-electron chi connectivity index (χ4n) is 1.98. The van der Waals surface area contributed by atoms with E-state index in [4.69, 9.17) is 9.47 Å². The molecule has 0 spiro atoms. The van der Waals surface area contributed by atoms with Crippen molar-refractivity contribution in [3.8, 4) is 11.5 Å². The molecule has 2 aromatic rings. The second kappa shape index (κ2) is 5.17. The number of benzene rings is 1. The molecule has 1 heterocycles. The zero-order valence-corrected chi connectivity index (χ0v) is 11.1. The average molecular weight is 264 g/mol. The smallest absolute Gasteiger partial charge is 0.328 e. The highest BCUT2D eigenvalue weighted by Gasteiger charge is 2.12.